The third-order valence-electron chi connectivity index (χ3n) is 4.08. The highest BCUT2D eigenvalue weighted by atomic mass is 79.9. The van der Waals surface area contributed by atoms with Gasteiger partial charge in [0, 0.05) is 6.42 Å². The van der Waals surface area contributed by atoms with Gasteiger partial charge in [0.1, 0.15) is 17.1 Å². The molecule has 1 saturated heterocycles. The van der Waals surface area contributed by atoms with Gasteiger partial charge in [-0.3, -0.25) is 9.59 Å². The Morgan fingerprint density at radius 1 is 1.38 bits per heavy atom. The normalized spacial score (nSPS) is 25.7. The van der Waals surface area contributed by atoms with Crippen molar-refractivity contribution in [2.75, 3.05) is 7.11 Å². The molecule has 2 atom stereocenters. The molecule has 128 valence electrons. The number of carbonyl (C=O) groups excluding carboxylic acids is 3. The van der Waals surface area contributed by atoms with Crippen LogP contribution in [0.2, 0.25) is 0 Å². The van der Waals surface area contributed by atoms with Crippen molar-refractivity contribution in [2.24, 2.45) is 0 Å². The summed E-state index contributed by atoms with van der Waals surface area (Å²) in [6.07, 6.45) is -0.981. The standard InChI is InChI=1S/C15H12Br2O7/c1-22-14(21)15(9-2-3-10(19)23-9)5-8(18)11-12(20)6(16)4-7(17)13(11)24-15/h4,9,20H,2-3,5H2,1H3/t9-,15-/m1/s1. The summed E-state index contributed by atoms with van der Waals surface area (Å²) in [4.78, 5) is 36.6. The molecule has 3 rings (SSSR count). The third-order valence-corrected chi connectivity index (χ3v) is 5.28. The van der Waals surface area contributed by atoms with Crippen molar-refractivity contribution in [3.05, 3.63) is 20.6 Å². The monoisotopic (exact) mass is 462 g/mol. The van der Waals surface area contributed by atoms with E-state index in [4.69, 9.17) is 14.2 Å². The van der Waals surface area contributed by atoms with Crippen LogP contribution in [0.1, 0.15) is 29.6 Å². The maximum Gasteiger partial charge on any atom is 0.354 e. The summed E-state index contributed by atoms with van der Waals surface area (Å²) in [5.41, 5.74) is -1.81. The number of benzene rings is 1. The number of esters is 2. The molecule has 0 radical (unpaired) electrons. The van der Waals surface area contributed by atoms with Crippen LogP contribution < -0.4 is 4.74 Å². The van der Waals surface area contributed by atoms with Gasteiger partial charge in [-0.15, -0.1) is 0 Å². The molecule has 0 aliphatic carbocycles. The number of phenolic OH excluding ortho intramolecular Hbond substituents is 1. The molecule has 0 amide bonds. The zero-order valence-electron chi connectivity index (χ0n) is 12.4. The highest BCUT2D eigenvalue weighted by Crippen LogP contribution is 2.48. The molecule has 1 fully saturated rings. The number of Topliss-reactive ketones (excluding diaryl/α,β-unsaturated/α-hetero) is 1. The van der Waals surface area contributed by atoms with E-state index in [0.717, 1.165) is 7.11 Å². The second-order valence-electron chi connectivity index (χ2n) is 5.49. The quantitative estimate of drug-likeness (QED) is 0.672. The van der Waals surface area contributed by atoms with Crippen molar-refractivity contribution < 1.29 is 33.7 Å². The lowest BCUT2D eigenvalue weighted by Crippen LogP contribution is -2.58. The van der Waals surface area contributed by atoms with Gasteiger partial charge in [0.25, 0.3) is 0 Å². The van der Waals surface area contributed by atoms with Crippen LogP contribution in [0.3, 0.4) is 0 Å². The van der Waals surface area contributed by atoms with Gasteiger partial charge < -0.3 is 19.3 Å². The number of cyclic esters (lactones) is 1. The van der Waals surface area contributed by atoms with E-state index in [1.807, 2.05) is 0 Å². The predicted molar refractivity (Wildman–Crippen MR) is 86.9 cm³/mol. The number of ketones is 1. The molecule has 1 aromatic carbocycles. The van der Waals surface area contributed by atoms with Crippen LogP contribution in [0.4, 0.5) is 0 Å². The molecule has 1 N–H and O–H groups in total. The fraction of sp³-hybridized carbons (Fsp3) is 0.400. The van der Waals surface area contributed by atoms with Gasteiger partial charge in [-0.2, -0.15) is 0 Å². The number of aromatic hydroxyl groups is 1. The summed E-state index contributed by atoms with van der Waals surface area (Å²) in [5, 5.41) is 10.1. The number of fused-ring (bicyclic) bond motifs is 1. The molecule has 0 bridgehead atoms. The number of phenols is 1. The molecule has 0 spiro atoms. The number of methoxy groups -OCH3 is 1. The van der Waals surface area contributed by atoms with Gasteiger partial charge in [0.05, 0.1) is 22.5 Å². The van der Waals surface area contributed by atoms with Crippen molar-refractivity contribution >= 4 is 49.6 Å². The summed E-state index contributed by atoms with van der Waals surface area (Å²) in [6.45, 7) is 0. The van der Waals surface area contributed by atoms with Crippen molar-refractivity contribution in [1.29, 1.82) is 0 Å². The van der Waals surface area contributed by atoms with E-state index in [2.05, 4.69) is 31.9 Å². The molecule has 0 aromatic heterocycles. The van der Waals surface area contributed by atoms with Crippen LogP contribution in [0.25, 0.3) is 0 Å². The molecule has 7 nitrogen and oxygen atoms in total. The SMILES string of the molecule is COC(=O)[C@]1([C@H]2CCC(=O)O2)CC(=O)c2c(O)c(Br)cc(Br)c2O1. The van der Waals surface area contributed by atoms with Crippen LogP contribution in [-0.4, -0.2) is 41.6 Å². The zero-order chi connectivity index (χ0) is 17.6. The van der Waals surface area contributed by atoms with Crippen molar-refractivity contribution in [2.45, 2.75) is 31.0 Å². The van der Waals surface area contributed by atoms with E-state index >= 15 is 0 Å². The number of hydrogen-bond acceptors (Lipinski definition) is 7. The second-order valence-corrected chi connectivity index (χ2v) is 7.20. The molecule has 1 aromatic rings. The highest BCUT2D eigenvalue weighted by Gasteiger charge is 2.58. The minimum atomic E-state index is -1.77. The Morgan fingerprint density at radius 2 is 2.08 bits per heavy atom. The van der Waals surface area contributed by atoms with E-state index in [0.29, 0.717) is 8.95 Å². The van der Waals surface area contributed by atoms with Gasteiger partial charge >= 0.3 is 11.9 Å². The lowest BCUT2D eigenvalue weighted by atomic mass is 9.84. The molecule has 9 heteroatoms. The molecular weight excluding hydrogens is 452 g/mol. The first-order valence-electron chi connectivity index (χ1n) is 7.01. The summed E-state index contributed by atoms with van der Waals surface area (Å²) in [7, 11) is 1.16. The maximum absolute atomic E-state index is 12.7. The lowest BCUT2D eigenvalue weighted by molar-refractivity contribution is -0.175. The smallest absolute Gasteiger partial charge is 0.354 e. The van der Waals surface area contributed by atoms with Gasteiger partial charge in [0.2, 0.25) is 5.60 Å². The minimum absolute atomic E-state index is 0.0142. The van der Waals surface area contributed by atoms with Crippen LogP contribution in [0, 0.1) is 0 Å². The Morgan fingerprint density at radius 3 is 2.67 bits per heavy atom. The Hall–Kier alpha value is -1.61. The third kappa shape index (κ3) is 2.50. The Kier molecular flexibility index (Phi) is 4.33. The minimum Gasteiger partial charge on any atom is -0.506 e. The first-order valence-corrected chi connectivity index (χ1v) is 8.60. The molecule has 2 aliphatic heterocycles. The van der Waals surface area contributed by atoms with Gasteiger partial charge in [-0.05, 0) is 44.3 Å². The fourth-order valence-electron chi connectivity index (χ4n) is 2.95. The summed E-state index contributed by atoms with van der Waals surface area (Å²) < 4.78 is 16.5. The van der Waals surface area contributed by atoms with Gasteiger partial charge in [0.15, 0.2) is 11.9 Å². The molecule has 2 aliphatic rings. The molecule has 2 heterocycles. The van der Waals surface area contributed by atoms with Crippen LogP contribution in [0.15, 0.2) is 15.0 Å². The topological polar surface area (TPSA) is 99.1 Å². The average Bonchev–Trinajstić information content (AvgIpc) is 2.98. The number of rotatable bonds is 2. The number of halogens is 2. The molecular formula is C15H12Br2O7. The highest BCUT2D eigenvalue weighted by molar-refractivity contribution is 9.11. The van der Waals surface area contributed by atoms with E-state index in [-0.39, 0.29) is 29.9 Å². The summed E-state index contributed by atoms with van der Waals surface area (Å²) >= 11 is 6.41. The first-order chi connectivity index (χ1) is 11.3. The second kappa shape index (κ2) is 6.03. The van der Waals surface area contributed by atoms with E-state index in [1.54, 1.807) is 0 Å². The number of hydrogen-bond donors (Lipinski definition) is 1. The van der Waals surface area contributed by atoms with E-state index in [9.17, 15) is 19.5 Å². The molecule has 0 unspecified atom stereocenters. The summed E-state index contributed by atoms with van der Waals surface area (Å²) in [5.74, 6) is -2.05. The lowest BCUT2D eigenvalue weighted by Gasteiger charge is -2.38. The van der Waals surface area contributed by atoms with Gasteiger partial charge in [-0.1, -0.05) is 0 Å². The zero-order valence-corrected chi connectivity index (χ0v) is 15.6. The van der Waals surface area contributed by atoms with Crippen LogP contribution in [-0.2, 0) is 19.1 Å². The Balaban J connectivity index is 2.15. The predicted octanol–water partition coefficient (Wildman–Crippen LogP) is 2.50. The number of carbonyl (C=O) groups is 3. The Labute approximate surface area is 153 Å². The number of ether oxygens (including phenoxy) is 3. The molecule has 0 saturated carbocycles. The van der Waals surface area contributed by atoms with Crippen LogP contribution >= 0.6 is 31.9 Å². The summed E-state index contributed by atoms with van der Waals surface area (Å²) in [6, 6.07) is 1.50. The van der Waals surface area contributed by atoms with E-state index < -0.39 is 35.8 Å². The average molecular weight is 464 g/mol. The van der Waals surface area contributed by atoms with E-state index in [1.165, 1.54) is 6.07 Å². The Bertz CT molecular complexity index is 761. The largest absolute Gasteiger partial charge is 0.506 e. The molecule has 24 heavy (non-hydrogen) atoms. The first kappa shape index (κ1) is 17.2. The fourth-order valence-corrected chi connectivity index (χ4v) is 4.19. The van der Waals surface area contributed by atoms with Crippen molar-refractivity contribution in [3.63, 3.8) is 0 Å². The van der Waals surface area contributed by atoms with Crippen molar-refractivity contribution in [1.82, 2.24) is 0 Å². The van der Waals surface area contributed by atoms with Crippen molar-refractivity contribution in [3.8, 4) is 11.5 Å². The van der Waals surface area contributed by atoms with Gasteiger partial charge in [-0.25, -0.2) is 4.79 Å². The maximum atomic E-state index is 12.7. The van der Waals surface area contributed by atoms with Crippen LogP contribution in [0.5, 0.6) is 11.5 Å².